The number of nitrogens with one attached hydrogen (secondary N) is 2. The Morgan fingerprint density at radius 3 is 2.45 bits per heavy atom. The van der Waals surface area contributed by atoms with Crippen LogP contribution in [-0.4, -0.2) is 101 Å². The molecule has 292 valence electrons. The number of hydrogen-bond donors (Lipinski definition) is 2. The molecule has 18 heteroatoms. The van der Waals surface area contributed by atoms with Gasteiger partial charge in [0.1, 0.15) is 6.07 Å². The number of amides is 3. The number of nitrogens with zero attached hydrogens (tertiary/aromatic N) is 8. The molecule has 0 unspecified atom stereocenters. The SMILES string of the molecule is Cn1nc(N2CCC(=O)NC2=O)c2ccc(C3CCN(CCC#Cc4cc(S(=O)(=O)N5CCC(Nc6ncc(OC(F)F)cn6)CC5)ccc4C#N)CC3)cc21. The van der Waals surface area contributed by atoms with Gasteiger partial charge in [-0.2, -0.15) is 23.4 Å². The highest BCUT2D eigenvalue weighted by atomic mass is 32.2. The lowest BCUT2D eigenvalue weighted by atomic mass is 9.89. The molecule has 0 radical (unpaired) electrons. The van der Waals surface area contributed by atoms with Crippen molar-refractivity contribution in [3.8, 4) is 23.7 Å². The van der Waals surface area contributed by atoms with Crippen molar-refractivity contribution < 1.29 is 31.5 Å². The van der Waals surface area contributed by atoms with Crippen molar-refractivity contribution in [2.24, 2.45) is 7.05 Å². The van der Waals surface area contributed by atoms with Gasteiger partial charge < -0.3 is 15.0 Å². The molecule has 3 aliphatic heterocycles. The number of alkyl halides is 2. The van der Waals surface area contributed by atoms with E-state index >= 15 is 0 Å². The number of carbonyl (C=O) groups is 2. The summed E-state index contributed by atoms with van der Waals surface area (Å²) in [5.41, 5.74) is 2.81. The summed E-state index contributed by atoms with van der Waals surface area (Å²) in [5, 5.41) is 20.7. The molecule has 5 heterocycles. The zero-order valence-electron chi connectivity index (χ0n) is 30.6. The number of anilines is 2. The largest absolute Gasteiger partial charge is 0.432 e. The number of fused-ring (bicyclic) bond motifs is 1. The number of benzene rings is 2. The Morgan fingerprint density at radius 1 is 1.00 bits per heavy atom. The number of halogens is 2. The van der Waals surface area contributed by atoms with Crippen LogP contribution in [0.15, 0.2) is 53.7 Å². The van der Waals surface area contributed by atoms with Crippen LogP contribution >= 0.6 is 0 Å². The highest BCUT2D eigenvalue weighted by molar-refractivity contribution is 7.89. The number of piperidine rings is 2. The number of rotatable bonds is 10. The Kier molecular flexibility index (Phi) is 11.4. The average molecular weight is 787 g/mol. The zero-order valence-corrected chi connectivity index (χ0v) is 31.4. The van der Waals surface area contributed by atoms with E-state index in [9.17, 15) is 32.0 Å². The summed E-state index contributed by atoms with van der Waals surface area (Å²) in [6.45, 7) is 0.323. The molecule has 2 N–H and O–H groups in total. The predicted molar refractivity (Wildman–Crippen MR) is 201 cm³/mol. The number of ether oxygens (including phenoxy) is 1. The van der Waals surface area contributed by atoms with E-state index in [-0.39, 0.29) is 54.6 Å². The van der Waals surface area contributed by atoms with E-state index in [1.807, 2.05) is 13.1 Å². The maximum absolute atomic E-state index is 13.6. The molecule has 56 heavy (non-hydrogen) atoms. The second-order valence-electron chi connectivity index (χ2n) is 13.9. The standard InChI is InChI=1S/C38H40F2N10O5S/c1-47-33-21-27(6-8-32(33)35(46-47)50-19-13-34(51)45-38(50)52)25-9-15-48(16-10-25)14-3-2-4-26-20-31(7-5-28(26)22-41)56(53,54)49-17-11-29(12-18-49)44-37-42-23-30(24-43-37)55-36(39)40/h5-8,20-21,23-25,29,36H,3,9-19H2,1H3,(H,42,43,44)(H,45,51,52). The predicted octanol–water partition coefficient (Wildman–Crippen LogP) is 4.17. The van der Waals surface area contributed by atoms with Crippen LogP contribution in [0.1, 0.15) is 61.1 Å². The number of nitriles is 1. The Balaban J connectivity index is 0.909. The Labute approximate surface area is 322 Å². The lowest BCUT2D eigenvalue weighted by Crippen LogP contribution is -2.49. The first-order chi connectivity index (χ1) is 27.0. The van der Waals surface area contributed by atoms with Crippen LogP contribution in [0.2, 0.25) is 0 Å². The summed E-state index contributed by atoms with van der Waals surface area (Å²) >= 11 is 0. The number of hydrogen-bond acceptors (Lipinski definition) is 11. The van der Waals surface area contributed by atoms with Crippen molar-refractivity contribution in [2.75, 3.05) is 49.5 Å². The van der Waals surface area contributed by atoms with Gasteiger partial charge in [0.05, 0.1) is 28.4 Å². The molecule has 15 nitrogen and oxygen atoms in total. The molecule has 3 amide bonds. The summed E-state index contributed by atoms with van der Waals surface area (Å²) in [4.78, 5) is 36.0. The van der Waals surface area contributed by atoms with Crippen molar-refractivity contribution in [3.05, 3.63) is 65.5 Å². The molecule has 3 fully saturated rings. The summed E-state index contributed by atoms with van der Waals surface area (Å²) in [6.07, 6.45) is 5.95. The molecule has 2 aromatic carbocycles. The minimum atomic E-state index is -3.85. The third-order valence-electron chi connectivity index (χ3n) is 10.4. The Hall–Kier alpha value is -5.69. The molecule has 0 spiro atoms. The van der Waals surface area contributed by atoms with Crippen molar-refractivity contribution >= 4 is 44.6 Å². The van der Waals surface area contributed by atoms with Crippen LogP contribution < -0.4 is 20.3 Å². The molecule has 3 aliphatic rings. The number of likely N-dealkylation sites (tertiary alicyclic amines) is 1. The third kappa shape index (κ3) is 8.57. The highest BCUT2D eigenvalue weighted by Gasteiger charge is 2.31. The van der Waals surface area contributed by atoms with E-state index in [0.717, 1.165) is 55.8 Å². The van der Waals surface area contributed by atoms with Crippen LogP contribution in [0.25, 0.3) is 10.9 Å². The molecule has 0 saturated carbocycles. The van der Waals surface area contributed by atoms with E-state index in [2.05, 4.69) is 65.4 Å². The first-order valence-electron chi connectivity index (χ1n) is 18.4. The Morgan fingerprint density at radius 2 is 1.75 bits per heavy atom. The fraction of sp³-hybridized carbons (Fsp3) is 0.421. The molecular formula is C38H40F2N10O5S. The molecule has 0 aliphatic carbocycles. The van der Waals surface area contributed by atoms with Crippen LogP contribution in [0.3, 0.4) is 0 Å². The lowest BCUT2D eigenvalue weighted by molar-refractivity contribution is -0.120. The summed E-state index contributed by atoms with van der Waals surface area (Å²) in [5.74, 6) is 6.89. The fourth-order valence-corrected chi connectivity index (χ4v) is 8.84. The molecule has 0 atom stereocenters. The smallest absolute Gasteiger partial charge is 0.387 e. The van der Waals surface area contributed by atoms with Crippen LogP contribution in [0, 0.1) is 23.2 Å². The topological polar surface area (TPSA) is 179 Å². The van der Waals surface area contributed by atoms with E-state index < -0.39 is 22.7 Å². The highest BCUT2D eigenvalue weighted by Crippen LogP contribution is 2.34. The van der Waals surface area contributed by atoms with Gasteiger partial charge >= 0.3 is 12.6 Å². The molecule has 7 rings (SSSR count). The summed E-state index contributed by atoms with van der Waals surface area (Å²) in [7, 11) is -2.00. The normalized spacial score (nSPS) is 17.7. The lowest BCUT2D eigenvalue weighted by Gasteiger charge is -2.31. The number of sulfonamides is 1. The monoisotopic (exact) mass is 786 g/mol. The first-order valence-corrected chi connectivity index (χ1v) is 19.8. The zero-order chi connectivity index (χ0) is 39.4. The van der Waals surface area contributed by atoms with Gasteiger partial charge in [-0.3, -0.25) is 19.7 Å². The minimum absolute atomic E-state index is 0.0706. The maximum Gasteiger partial charge on any atom is 0.387 e. The van der Waals surface area contributed by atoms with Gasteiger partial charge in [-0.05, 0) is 80.6 Å². The number of aryl methyl sites for hydroxylation is 1. The van der Waals surface area contributed by atoms with Gasteiger partial charge in [0.15, 0.2) is 11.6 Å². The van der Waals surface area contributed by atoms with Crippen molar-refractivity contribution in [1.82, 2.24) is 34.3 Å². The molecule has 3 saturated heterocycles. The number of aromatic nitrogens is 4. The number of urea groups is 1. The van der Waals surface area contributed by atoms with Crippen LogP contribution in [0.4, 0.5) is 25.3 Å². The quantitative estimate of drug-likeness (QED) is 0.221. The van der Waals surface area contributed by atoms with Gasteiger partial charge in [-0.15, -0.1) is 0 Å². The minimum Gasteiger partial charge on any atom is -0.432 e. The van der Waals surface area contributed by atoms with Gasteiger partial charge in [0, 0.05) is 63.1 Å². The number of carbonyl (C=O) groups excluding carboxylic acids is 2. The third-order valence-corrected chi connectivity index (χ3v) is 12.3. The van der Waals surface area contributed by atoms with E-state index in [0.29, 0.717) is 42.1 Å². The van der Waals surface area contributed by atoms with Gasteiger partial charge in [0.25, 0.3) is 0 Å². The Bertz CT molecular complexity index is 2320. The van der Waals surface area contributed by atoms with E-state index in [1.165, 1.54) is 33.0 Å². The number of imide groups is 1. The van der Waals surface area contributed by atoms with E-state index in [4.69, 9.17) is 0 Å². The summed E-state index contributed by atoms with van der Waals surface area (Å²) in [6, 6.07) is 12.2. The van der Waals surface area contributed by atoms with Crippen molar-refractivity contribution in [1.29, 1.82) is 5.26 Å². The van der Waals surface area contributed by atoms with Crippen molar-refractivity contribution in [3.63, 3.8) is 0 Å². The fourth-order valence-electron chi connectivity index (χ4n) is 7.35. The van der Waals surface area contributed by atoms with Crippen LogP contribution in [-0.2, 0) is 21.9 Å². The van der Waals surface area contributed by atoms with E-state index in [1.54, 1.807) is 4.68 Å². The van der Waals surface area contributed by atoms with Crippen molar-refractivity contribution in [2.45, 2.75) is 62.0 Å². The molecule has 2 aromatic heterocycles. The molecule has 4 aromatic rings. The second-order valence-corrected chi connectivity index (χ2v) is 15.8. The summed E-state index contributed by atoms with van der Waals surface area (Å²) < 4.78 is 59.4. The van der Waals surface area contributed by atoms with Gasteiger partial charge in [-0.1, -0.05) is 17.9 Å². The maximum atomic E-state index is 13.6. The first kappa shape index (κ1) is 38.6. The van der Waals surface area contributed by atoms with Crippen LogP contribution in [0.5, 0.6) is 5.75 Å². The molecule has 0 bridgehead atoms. The molecular weight excluding hydrogens is 747 g/mol. The average Bonchev–Trinajstić information content (AvgIpc) is 3.52. The van der Waals surface area contributed by atoms with Gasteiger partial charge in [-0.25, -0.2) is 23.2 Å². The second kappa shape index (κ2) is 16.6. The van der Waals surface area contributed by atoms with Gasteiger partial charge in [0.2, 0.25) is 21.9 Å².